The van der Waals surface area contributed by atoms with Gasteiger partial charge in [0.15, 0.2) is 11.5 Å². The highest BCUT2D eigenvalue weighted by molar-refractivity contribution is 5.99. The molecule has 0 aliphatic carbocycles. The first-order valence-electron chi connectivity index (χ1n) is 6.47. The highest BCUT2D eigenvalue weighted by Crippen LogP contribution is 2.37. The molecule has 0 radical (unpaired) electrons. The first kappa shape index (κ1) is 14.4. The lowest BCUT2D eigenvalue weighted by atomic mass is 10.1. The third kappa shape index (κ3) is 3.07. The summed E-state index contributed by atoms with van der Waals surface area (Å²) in [7, 11) is 0. The predicted molar refractivity (Wildman–Crippen MR) is 78.5 cm³/mol. The van der Waals surface area contributed by atoms with Gasteiger partial charge in [-0.1, -0.05) is 6.07 Å². The van der Waals surface area contributed by atoms with E-state index in [-0.39, 0.29) is 29.5 Å². The first-order chi connectivity index (χ1) is 11.1. The van der Waals surface area contributed by atoms with Gasteiger partial charge in [0.05, 0.1) is 22.9 Å². The Morgan fingerprint density at radius 2 is 2.13 bits per heavy atom. The van der Waals surface area contributed by atoms with E-state index in [0.29, 0.717) is 5.69 Å². The molecule has 0 unspecified atom stereocenters. The predicted octanol–water partition coefficient (Wildman–Crippen LogP) is 1.48. The molecule has 1 aliphatic heterocycles. The van der Waals surface area contributed by atoms with Crippen LogP contribution >= 0.6 is 0 Å². The number of pyridine rings is 1. The topological polar surface area (TPSA) is 116 Å². The molecular formula is C14H10N4O5. The first-order valence-corrected chi connectivity index (χ1v) is 6.47. The number of rotatable bonds is 4. The van der Waals surface area contributed by atoms with Gasteiger partial charge in [0.25, 0.3) is 11.6 Å². The maximum absolute atomic E-state index is 12.1. The smallest absolute Gasteiger partial charge is 0.286 e. The monoisotopic (exact) mass is 314 g/mol. The van der Waals surface area contributed by atoms with Crippen molar-refractivity contribution in [3.8, 4) is 11.5 Å². The zero-order chi connectivity index (χ0) is 16.2. The number of nitrogens with zero attached hydrogens (tertiary/aromatic N) is 3. The maximum atomic E-state index is 12.1. The molecule has 116 valence electrons. The molecule has 1 N–H and O–H groups in total. The van der Waals surface area contributed by atoms with Crippen molar-refractivity contribution in [2.75, 3.05) is 6.79 Å². The van der Waals surface area contributed by atoms with Gasteiger partial charge in [0.1, 0.15) is 5.56 Å². The van der Waals surface area contributed by atoms with Crippen molar-refractivity contribution in [3.05, 3.63) is 57.9 Å². The van der Waals surface area contributed by atoms with E-state index < -0.39 is 10.8 Å². The van der Waals surface area contributed by atoms with Crippen LogP contribution in [0.1, 0.15) is 16.1 Å². The number of fused-ring (bicyclic) bond motifs is 1. The van der Waals surface area contributed by atoms with E-state index in [4.69, 9.17) is 9.47 Å². The standard InChI is InChI=1S/C14H10N4O5/c19-14(17-16-7-9-3-1-2-4-15-9)10-5-12-13(23-8-22-12)6-11(10)18(20)21/h1-7H,8H2,(H,17,19)/b16-7+. The molecule has 1 aliphatic rings. The van der Waals surface area contributed by atoms with Gasteiger partial charge in [-0.3, -0.25) is 19.9 Å². The van der Waals surface area contributed by atoms with Crippen LogP contribution in [0.4, 0.5) is 5.69 Å². The second-order valence-electron chi connectivity index (χ2n) is 4.43. The number of aromatic nitrogens is 1. The molecule has 2 aromatic rings. The van der Waals surface area contributed by atoms with Gasteiger partial charge in [-0.05, 0) is 12.1 Å². The molecule has 1 amide bonds. The van der Waals surface area contributed by atoms with E-state index in [1.54, 1.807) is 24.4 Å². The normalized spacial score (nSPS) is 12.3. The number of ether oxygens (including phenoxy) is 2. The van der Waals surface area contributed by atoms with Gasteiger partial charge < -0.3 is 9.47 Å². The van der Waals surface area contributed by atoms with E-state index in [0.717, 1.165) is 6.07 Å². The number of nitro benzene ring substituents is 1. The van der Waals surface area contributed by atoms with Crippen molar-refractivity contribution in [3.63, 3.8) is 0 Å². The zero-order valence-corrected chi connectivity index (χ0v) is 11.6. The van der Waals surface area contributed by atoms with E-state index >= 15 is 0 Å². The molecule has 9 heteroatoms. The Balaban J connectivity index is 1.82. The van der Waals surface area contributed by atoms with Gasteiger partial charge in [-0.15, -0.1) is 0 Å². The van der Waals surface area contributed by atoms with Crippen molar-refractivity contribution >= 4 is 17.8 Å². The van der Waals surface area contributed by atoms with Crippen molar-refractivity contribution in [2.24, 2.45) is 5.10 Å². The average Bonchev–Trinajstić information content (AvgIpc) is 3.02. The molecule has 9 nitrogen and oxygen atoms in total. The van der Waals surface area contributed by atoms with Crippen molar-refractivity contribution in [1.29, 1.82) is 0 Å². The van der Waals surface area contributed by atoms with Crippen LogP contribution in [-0.4, -0.2) is 28.8 Å². The molecule has 0 spiro atoms. The minimum absolute atomic E-state index is 0.0462. The molecule has 1 aromatic carbocycles. The van der Waals surface area contributed by atoms with E-state index in [1.807, 2.05) is 0 Å². The fraction of sp³-hybridized carbons (Fsp3) is 0.0714. The number of nitro groups is 1. The second-order valence-corrected chi connectivity index (χ2v) is 4.43. The van der Waals surface area contributed by atoms with Crippen molar-refractivity contribution in [1.82, 2.24) is 10.4 Å². The lowest BCUT2D eigenvalue weighted by molar-refractivity contribution is -0.385. The minimum atomic E-state index is -0.734. The molecule has 23 heavy (non-hydrogen) atoms. The maximum Gasteiger partial charge on any atom is 0.286 e. The summed E-state index contributed by atoms with van der Waals surface area (Å²) < 4.78 is 10.2. The molecule has 0 saturated carbocycles. The Morgan fingerprint density at radius 3 is 2.83 bits per heavy atom. The van der Waals surface area contributed by atoms with E-state index in [9.17, 15) is 14.9 Å². The summed E-state index contributed by atoms with van der Waals surface area (Å²) in [6.07, 6.45) is 2.91. The lowest BCUT2D eigenvalue weighted by Crippen LogP contribution is -2.19. The van der Waals surface area contributed by atoms with Crippen molar-refractivity contribution in [2.45, 2.75) is 0 Å². The fourth-order valence-electron chi connectivity index (χ4n) is 1.93. The Labute approximate surface area is 129 Å². The molecule has 1 aromatic heterocycles. The van der Waals surface area contributed by atoms with E-state index in [1.165, 1.54) is 12.3 Å². The highest BCUT2D eigenvalue weighted by Gasteiger charge is 2.27. The molecule has 0 saturated heterocycles. The summed E-state index contributed by atoms with van der Waals surface area (Å²) >= 11 is 0. The third-order valence-electron chi connectivity index (χ3n) is 2.98. The highest BCUT2D eigenvalue weighted by atomic mass is 16.7. The van der Waals surface area contributed by atoms with Gasteiger partial charge in [0, 0.05) is 12.3 Å². The number of carbonyl (C=O) groups excluding carboxylic acids is 1. The zero-order valence-electron chi connectivity index (χ0n) is 11.6. The molecule has 2 heterocycles. The minimum Gasteiger partial charge on any atom is -0.454 e. The summed E-state index contributed by atoms with van der Waals surface area (Å²) in [6, 6.07) is 7.61. The Hall–Kier alpha value is -3.49. The van der Waals surface area contributed by atoms with Gasteiger partial charge in [-0.2, -0.15) is 5.10 Å². The van der Waals surface area contributed by atoms with Crippen LogP contribution < -0.4 is 14.9 Å². The quantitative estimate of drug-likeness (QED) is 0.519. The Kier molecular flexibility index (Phi) is 3.83. The van der Waals surface area contributed by atoms with Crippen LogP contribution in [-0.2, 0) is 0 Å². The third-order valence-corrected chi connectivity index (χ3v) is 2.98. The van der Waals surface area contributed by atoms with Crippen LogP contribution in [0.2, 0.25) is 0 Å². The molecular weight excluding hydrogens is 304 g/mol. The molecule has 0 fully saturated rings. The van der Waals surface area contributed by atoms with Crippen LogP contribution in [0, 0.1) is 10.1 Å². The summed E-state index contributed by atoms with van der Waals surface area (Å²) in [5, 5.41) is 14.8. The largest absolute Gasteiger partial charge is 0.454 e. The number of amides is 1. The SMILES string of the molecule is O=C(N/N=C/c1ccccn1)c1cc2c(cc1[N+](=O)[O-])OCO2. The number of nitrogens with one attached hydrogen (secondary N) is 1. The van der Waals surface area contributed by atoms with Crippen LogP contribution in [0.3, 0.4) is 0 Å². The Bertz CT molecular complexity index is 791. The molecule has 0 atom stereocenters. The van der Waals surface area contributed by atoms with Crippen LogP contribution in [0.5, 0.6) is 11.5 Å². The van der Waals surface area contributed by atoms with Gasteiger partial charge >= 0.3 is 0 Å². The second kappa shape index (κ2) is 6.10. The number of carbonyl (C=O) groups is 1. The summed E-state index contributed by atoms with van der Waals surface area (Å²) in [5.74, 6) is -0.234. The number of hydrogen-bond acceptors (Lipinski definition) is 7. The molecule has 3 rings (SSSR count). The number of benzene rings is 1. The number of hydrogen-bond donors (Lipinski definition) is 1. The summed E-state index contributed by atoms with van der Waals surface area (Å²) in [6.45, 7) is -0.0462. The molecule has 0 bridgehead atoms. The summed E-state index contributed by atoms with van der Waals surface area (Å²) in [4.78, 5) is 26.5. The van der Waals surface area contributed by atoms with Gasteiger partial charge in [0.2, 0.25) is 6.79 Å². The van der Waals surface area contributed by atoms with Crippen molar-refractivity contribution < 1.29 is 19.2 Å². The van der Waals surface area contributed by atoms with E-state index in [2.05, 4.69) is 15.5 Å². The Morgan fingerprint density at radius 1 is 1.35 bits per heavy atom. The lowest BCUT2D eigenvalue weighted by Gasteiger charge is -2.03. The van der Waals surface area contributed by atoms with Gasteiger partial charge in [-0.25, -0.2) is 5.43 Å². The summed E-state index contributed by atoms with van der Waals surface area (Å²) in [5.41, 5.74) is 2.20. The van der Waals surface area contributed by atoms with Crippen LogP contribution in [0.15, 0.2) is 41.6 Å². The number of hydrazone groups is 1. The average molecular weight is 314 g/mol. The fourth-order valence-corrected chi connectivity index (χ4v) is 1.93. The van der Waals surface area contributed by atoms with Crippen LogP contribution in [0.25, 0.3) is 0 Å².